The molecule has 1 atom stereocenters. The number of amides is 2. The maximum absolute atomic E-state index is 13.2. The monoisotopic (exact) mass is 464 g/mol. The molecule has 2 amide bonds. The van der Waals surface area contributed by atoms with Crippen LogP contribution >= 0.6 is 23.1 Å². The molecule has 2 N–H and O–H groups in total. The zero-order valence-corrected chi connectivity index (χ0v) is 19.5. The molecular formula is C25H24N2O3S2. The van der Waals surface area contributed by atoms with Crippen molar-refractivity contribution in [3.8, 4) is 0 Å². The minimum Gasteiger partial charge on any atom is -0.451 e. The predicted molar refractivity (Wildman–Crippen MR) is 131 cm³/mol. The average molecular weight is 465 g/mol. The van der Waals surface area contributed by atoms with Crippen LogP contribution < -0.4 is 10.6 Å². The van der Waals surface area contributed by atoms with Gasteiger partial charge in [0, 0.05) is 28.8 Å². The molecule has 2 aromatic carbocycles. The molecule has 7 heteroatoms. The molecular weight excluding hydrogens is 440 g/mol. The fourth-order valence-electron chi connectivity index (χ4n) is 3.36. The zero-order chi connectivity index (χ0) is 22.5. The van der Waals surface area contributed by atoms with Crippen molar-refractivity contribution in [1.29, 1.82) is 0 Å². The summed E-state index contributed by atoms with van der Waals surface area (Å²) in [7, 11) is 0. The molecule has 2 heterocycles. The minimum atomic E-state index is -0.237. The molecule has 0 saturated heterocycles. The number of carbonyl (C=O) groups excluding carboxylic acids is 2. The Bertz CT molecular complexity index is 1210. The van der Waals surface area contributed by atoms with E-state index in [-0.39, 0.29) is 17.9 Å². The summed E-state index contributed by atoms with van der Waals surface area (Å²) in [6.45, 7) is 3.74. The Kier molecular flexibility index (Phi) is 6.97. The van der Waals surface area contributed by atoms with Gasteiger partial charge in [0.2, 0.25) is 5.91 Å². The number of nitrogens with one attached hydrogen (secondary N) is 2. The molecule has 0 radical (unpaired) electrons. The first kappa shape index (κ1) is 22.2. The summed E-state index contributed by atoms with van der Waals surface area (Å²) in [4.78, 5) is 24.7. The zero-order valence-electron chi connectivity index (χ0n) is 17.9. The van der Waals surface area contributed by atoms with Gasteiger partial charge in [0.1, 0.15) is 5.58 Å². The standard InChI is InChI=1S/C25H24N2O3S2/c1-3-22(28)27-18-12-10-17(11-13-18)16(2)26-25(29)24-20(15-32-23-9-6-14-31-23)19-7-4-5-8-21(19)30-24/h4-14,16H,3,15H2,1-2H3,(H,26,29)(H,27,28). The summed E-state index contributed by atoms with van der Waals surface area (Å²) in [5, 5.41) is 8.89. The fourth-order valence-corrected chi connectivity index (χ4v) is 5.18. The molecule has 4 aromatic rings. The molecule has 1 unspecified atom stereocenters. The van der Waals surface area contributed by atoms with E-state index in [1.54, 1.807) is 23.1 Å². The van der Waals surface area contributed by atoms with Crippen LogP contribution in [0, 0.1) is 0 Å². The third-order valence-corrected chi connectivity index (χ3v) is 7.28. The normalized spacial score (nSPS) is 11.9. The van der Waals surface area contributed by atoms with Crippen LogP contribution in [0.4, 0.5) is 5.69 Å². The summed E-state index contributed by atoms with van der Waals surface area (Å²) in [5.41, 5.74) is 3.30. The van der Waals surface area contributed by atoms with Gasteiger partial charge in [0.25, 0.3) is 5.91 Å². The van der Waals surface area contributed by atoms with E-state index in [0.717, 1.165) is 22.2 Å². The SMILES string of the molecule is CCC(=O)Nc1ccc(C(C)NC(=O)c2oc3ccccc3c2CSc2cccs2)cc1. The first-order valence-corrected chi connectivity index (χ1v) is 12.3. The van der Waals surface area contributed by atoms with Crippen molar-refractivity contribution in [1.82, 2.24) is 5.32 Å². The molecule has 5 nitrogen and oxygen atoms in total. The highest BCUT2D eigenvalue weighted by molar-refractivity contribution is 8.00. The van der Waals surface area contributed by atoms with E-state index in [0.29, 0.717) is 23.5 Å². The van der Waals surface area contributed by atoms with Gasteiger partial charge in [-0.1, -0.05) is 43.3 Å². The summed E-state index contributed by atoms with van der Waals surface area (Å²) in [6, 6.07) is 19.1. The average Bonchev–Trinajstić information content (AvgIpc) is 3.45. The molecule has 0 aliphatic carbocycles. The Morgan fingerprint density at radius 2 is 1.84 bits per heavy atom. The number of para-hydroxylation sites is 1. The molecule has 0 saturated carbocycles. The van der Waals surface area contributed by atoms with Gasteiger partial charge in [0.15, 0.2) is 5.76 Å². The first-order valence-electron chi connectivity index (χ1n) is 10.4. The summed E-state index contributed by atoms with van der Waals surface area (Å²) in [6.07, 6.45) is 0.429. The molecule has 0 spiro atoms. The molecule has 0 bridgehead atoms. The largest absolute Gasteiger partial charge is 0.451 e. The Morgan fingerprint density at radius 1 is 1.06 bits per heavy atom. The fraction of sp³-hybridized carbons (Fsp3) is 0.200. The molecule has 0 aliphatic heterocycles. The van der Waals surface area contributed by atoms with E-state index in [2.05, 4.69) is 16.7 Å². The van der Waals surface area contributed by atoms with Crippen LogP contribution in [-0.2, 0) is 10.5 Å². The predicted octanol–water partition coefficient (Wildman–Crippen LogP) is 6.63. The summed E-state index contributed by atoms with van der Waals surface area (Å²) < 4.78 is 7.17. The van der Waals surface area contributed by atoms with Gasteiger partial charge < -0.3 is 15.1 Å². The number of benzene rings is 2. The van der Waals surface area contributed by atoms with E-state index in [4.69, 9.17) is 4.42 Å². The lowest BCUT2D eigenvalue weighted by atomic mass is 10.1. The van der Waals surface area contributed by atoms with Gasteiger partial charge in [-0.3, -0.25) is 9.59 Å². The maximum atomic E-state index is 13.2. The molecule has 0 aliphatic rings. The van der Waals surface area contributed by atoms with Crippen molar-refractivity contribution in [2.45, 2.75) is 36.3 Å². The Morgan fingerprint density at radius 3 is 2.56 bits per heavy atom. The van der Waals surface area contributed by atoms with E-state index in [1.807, 2.05) is 73.8 Å². The topological polar surface area (TPSA) is 71.3 Å². The highest BCUT2D eigenvalue weighted by atomic mass is 32.2. The van der Waals surface area contributed by atoms with Crippen LogP contribution in [0.3, 0.4) is 0 Å². The Labute approximate surface area is 195 Å². The number of thioether (sulfide) groups is 1. The molecule has 32 heavy (non-hydrogen) atoms. The lowest BCUT2D eigenvalue weighted by molar-refractivity contribution is -0.115. The van der Waals surface area contributed by atoms with E-state index < -0.39 is 0 Å². The number of anilines is 1. The molecule has 4 rings (SSSR count). The number of hydrogen-bond donors (Lipinski definition) is 2. The van der Waals surface area contributed by atoms with Crippen LogP contribution in [0.15, 0.2) is 74.7 Å². The van der Waals surface area contributed by atoms with Crippen molar-refractivity contribution in [2.24, 2.45) is 0 Å². The second-order valence-electron chi connectivity index (χ2n) is 7.35. The van der Waals surface area contributed by atoms with Gasteiger partial charge in [0.05, 0.1) is 10.3 Å². The van der Waals surface area contributed by atoms with E-state index >= 15 is 0 Å². The van der Waals surface area contributed by atoms with Crippen LogP contribution in [-0.4, -0.2) is 11.8 Å². The van der Waals surface area contributed by atoms with Crippen LogP contribution in [0.5, 0.6) is 0 Å². The number of thiophene rings is 1. The summed E-state index contributed by atoms with van der Waals surface area (Å²) >= 11 is 3.38. The van der Waals surface area contributed by atoms with Crippen molar-refractivity contribution in [2.75, 3.05) is 5.32 Å². The molecule has 2 aromatic heterocycles. The van der Waals surface area contributed by atoms with Crippen molar-refractivity contribution < 1.29 is 14.0 Å². The number of hydrogen-bond acceptors (Lipinski definition) is 5. The van der Waals surface area contributed by atoms with Crippen molar-refractivity contribution in [3.63, 3.8) is 0 Å². The minimum absolute atomic E-state index is 0.0306. The smallest absolute Gasteiger partial charge is 0.287 e. The second-order valence-corrected chi connectivity index (χ2v) is 9.57. The third-order valence-electron chi connectivity index (χ3n) is 5.12. The molecule has 164 valence electrons. The number of rotatable bonds is 8. The quantitative estimate of drug-likeness (QED) is 0.287. The maximum Gasteiger partial charge on any atom is 0.287 e. The Hall–Kier alpha value is -3.03. The van der Waals surface area contributed by atoms with E-state index in [1.165, 1.54) is 4.21 Å². The first-order chi connectivity index (χ1) is 15.5. The van der Waals surface area contributed by atoms with Gasteiger partial charge in [-0.25, -0.2) is 0 Å². The van der Waals surface area contributed by atoms with E-state index in [9.17, 15) is 9.59 Å². The Balaban J connectivity index is 1.51. The lowest BCUT2D eigenvalue weighted by Crippen LogP contribution is -2.27. The van der Waals surface area contributed by atoms with Gasteiger partial charge in [-0.2, -0.15) is 0 Å². The highest BCUT2D eigenvalue weighted by Crippen LogP contribution is 2.34. The van der Waals surface area contributed by atoms with Crippen molar-refractivity contribution in [3.05, 3.63) is 82.9 Å². The second kappa shape index (κ2) is 10.1. The van der Waals surface area contributed by atoms with Crippen molar-refractivity contribution >= 4 is 51.6 Å². The van der Waals surface area contributed by atoms with Crippen LogP contribution in [0.1, 0.15) is 48.0 Å². The van der Waals surface area contributed by atoms with Gasteiger partial charge in [-0.05, 0) is 42.1 Å². The number of furan rings is 1. The van der Waals surface area contributed by atoms with Gasteiger partial charge >= 0.3 is 0 Å². The number of fused-ring (bicyclic) bond motifs is 1. The third kappa shape index (κ3) is 5.06. The van der Waals surface area contributed by atoms with Crippen LogP contribution in [0.2, 0.25) is 0 Å². The number of carbonyl (C=O) groups is 2. The highest BCUT2D eigenvalue weighted by Gasteiger charge is 2.22. The molecule has 0 fully saturated rings. The van der Waals surface area contributed by atoms with Gasteiger partial charge in [-0.15, -0.1) is 23.1 Å². The van der Waals surface area contributed by atoms with Crippen LogP contribution in [0.25, 0.3) is 11.0 Å². The lowest BCUT2D eigenvalue weighted by Gasteiger charge is -2.15. The summed E-state index contributed by atoms with van der Waals surface area (Å²) in [5.74, 6) is 0.741.